The first-order chi connectivity index (χ1) is 13.1. The molecule has 28 heavy (non-hydrogen) atoms. The van der Waals surface area contributed by atoms with Crippen LogP contribution in [0.4, 0.5) is 23.7 Å². The van der Waals surface area contributed by atoms with E-state index in [4.69, 9.17) is 0 Å². The summed E-state index contributed by atoms with van der Waals surface area (Å²) in [5, 5.41) is 0. The van der Waals surface area contributed by atoms with E-state index in [2.05, 4.69) is 4.99 Å². The van der Waals surface area contributed by atoms with Gasteiger partial charge < -0.3 is 0 Å². The Balaban J connectivity index is 1.95. The van der Waals surface area contributed by atoms with E-state index in [-0.39, 0.29) is 0 Å². The Morgan fingerprint density at radius 2 is 1.64 bits per heavy atom. The van der Waals surface area contributed by atoms with E-state index in [0.717, 1.165) is 22.6 Å². The van der Waals surface area contributed by atoms with Gasteiger partial charge in [-0.15, -0.1) is 11.3 Å². The molecule has 3 rings (SSSR count). The summed E-state index contributed by atoms with van der Waals surface area (Å²) >= 11 is 1.29. The molecule has 0 unspecified atom stereocenters. The van der Waals surface area contributed by atoms with Crippen LogP contribution in [0.3, 0.4) is 0 Å². The molecular weight excluding hydrogens is 387 g/mol. The van der Waals surface area contributed by atoms with Crippen LogP contribution in [-0.4, -0.2) is 17.6 Å². The van der Waals surface area contributed by atoms with Crippen molar-refractivity contribution >= 4 is 23.1 Å². The lowest BCUT2D eigenvalue weighted by molar-refractivity contribution is -0.137. The summed E-state index contributed by atoms with van der Waals surface area (Å²) in [4.78, 5) is 19.4. The number of urea groups is 1. The van der Waals surface area contributed by atoms with Gasteiger partial charge in [0.05, 0.1) is 5.56 Å². The van der Waals surface area contributed by atoms with E-state index < -0.39 is 17.8 Å². The molecule has 0 N–H and O–H groups in total. The Morgan fingerprint density at radius 3 is 2.21 bits per heavy atom. The van der Waals surface area contributed by atoms with Gasteiger partial charge in [0.2, 0.25) is 0 Å². The minimum Gasteiger partial charge on any atom is -0.296 e. The fourth-order valence-corrected chi connectivity index (χ4v) is 3.39. The van der Waals surface area contributed by atoms with Gasteiger partial charge in [-0.2, -0.15) is 18.2 Å². The van der Waals surface area contributed by atoms with Gasteiger partial charge in [0, 0.05) is 29.5 Å². The van der Waals surface area contributed by atoms with Crippen LogP contribution < -0.4 is 9.70 Å². The van der Waals surface area contributed by atoms with Crippen molar-refractivity contribution < 1.29 is 18.0 Å². The van der Waals surface area contributed by atoms with E-state index in [1.807, 2.05) is 38.1 Å². The molecule has 0 spiro atoms. The summed E-state index contributed by atoms with van der Waals surface area (Å²) < 4.78 is 39.9. The molecule has 0 aliphatic carbocycles. The largest absolute Gasteiger partial charge is 0.416 e. The molecule has 2 amide bonds. The maximum absolute atomic E-state index is 12.8. The molecule has 0 aliphatic heterocycles. The first-order valence-electron chi connectivity index (χ1n) is 8.41. The van der Waals surface area contributed by atoms with Crippen LogP contribution in [0.15, 0.2) is 59.7 Å². The van der Waals surface area contributed by atoms with E-state index in [1.54, 1.807) is 17.8 Å². The van der Waals surface area contributed by atoms with Crippen LogP contribution >= 0.6 is 11.3 Å². The number of carbonyl (C=O) groups excluding carboxylic acids is 1. The Labute approximate surface area is 164 Å². The molecule has 1 aromatic heterocycles. The van der Waals surface area contributed by atoms with Crippen LogP contribution in [0, 0.1) is 13.8 Å². The maximum atomic E-state index is 12.8. The van der Waals surface area contributed by atoms with Gasteiger partial charge in [0.1, 0.15) is 0 Å². The average molecular weight is 405 g/mol. The molecule has 0 atom stereocenters. The Hall–Kier alpha value is -2.87. The van der Waals surface area contributed by atoms with Gasteiger partial charge in [0.25, 0.3) is 0 Å². The highest BCUT2D eigenvalue weighted by molar-refractivity contribution is 7.09. The summed E-state index contributed by atoms with van der Waals surface area (Å²) in [6.45, 7) is 3.80. The van der Waals surface area contributed by atoms with Crippen molar-refractivity contribution in [3.05, 3.63) is 75.5 Å². The molecule has 1 heterocycles. The molecule has 3 aromatic rings. The second-order valence-electron chi connectivity index (χ2n) is 6.33. The predicted octanol–water partition coefficient (Wildman–Crippen LogP) is 5.33. The van der Waals surface area contributed by atoms with E-state index in [1.165, 1.54) is 28.4 Å². The minimum atomic E-state index is -4.40. The number of anilines is 1. The zero-order valence-corrected chi connectivity index (χ0v) is 16.3. The standard InChI is InChI=1S/C20H18F3N3OS/c1-13-4-8-16(9-5-13)25(3)18(27)24-19-26(12-14(2)28-19)17-10-6-15(7-11-17)20(21,22)23/h4-12H,1-3H3. The lowest BCUT2D eigenvalue weighted by Crippen LogP contribution is -2.26. The van der Waals surface area contributed by atoms with Crippen LogP contribution in [0.2, 0.25) is 0 Å². The molecule has 146 valence electrons. The van der Waals surface area contributed by atoms with Crippen LogP contribution in [0.1, 0.15) is 16.0 Å². The van der Waals surface area contributed by atoms with Crippen LogP contribution in [0.5, 0.6) is 0 Å². The average Bonchev–Trinajstić information content (AvgIpc) is 3.01. The van der Waals surface area contributed by atoms with Gasteiger partial charge in [0.15, 0.2) is 4.80 Å². The van der Waals surface area contributed by atoms with Crippen molar-refractivity contribution in [3.63, 3.8) is 0 Å². The van der Waals surface area contributed by atoms with Crippen molar-refractivity contribution in [2.24, 2.45) is 4.99 Å². The highest BCUT2D eigenvalue weighted by Crippen LogP contribution is 2.29. The Bertz CT molecular complexity index is 1050. The minimum absolute atomic E-state index is 0.390. The molecule has 0 saturated heterocycles. The molecule has 2 aromatic carbocycles. The predicted molar refractivity (Wildman–Crippen MR) is 104 cm³/mol. The van der Waals surface area contributed by atoms with Crippen molar-refractivity contribution in [2.75, 3.05) is 11.9 Å². The number of nitrogens with zero attached hydrogens (tertiary/aromatic N) is 3. The summed E-state index contributed by atoms with van der Waals surface area (Å²) in [7, 11) is 1.62. The van der Waals surface area contributed by atoms with Gasteiger partial charge in [-0.05, 0) is 50.2 Å². The third-order valence-corrected chi connectivity index (χ3v) is 5.04. The summed E-state index contributed by atoms with van der Waals surface area (Å²) in [5.74, 6) is 0. The second kappa shape index (κ2) is 7.63. The molecule has 0 saturated carbocycles. The first kappa shape index (κ1) is 19.9. The highest BCUT2D eigenvalue weighted by atomic mass is 32.1. The molecular formula is C20H18F3N3OS. The number of hydrogen-bond acceptors (Lipinski definition) is 2. The number of halogens is 3. The van der Waals surface area contributed by atoms with Crippen molar-refractivity contribution in [3.8, 4) is 5.69 Å². The van der Waals surface area contributed by atoms with Crippen molar-refractivity contribution in [2.45, 2.75) is 20.0 Å². The van der Waals surface area contributed by atoms with E-state index in [0.29, 0.717) is 16.2 Å². The zero-order valence-electron chi connectivity index (χ0n) is 15.5. The van der Waals surface area contributed by atoms with Crippen molar-refractivity contribution in [1.82, 2.24) is 4.57 Å². The van der Waals surface area contributed by atoms with Crippen LogP contribution in [0.25, 0.3) is 5.69 Å². The third kappa shape index (κ3) is 4.33. The number of alkyl halides is 3. The zero-order chi connectivity index (χ0) is 20.5. The Kier molecular flexibility index (Phi) is 5.42. The molecule has 0 radical (unpaired) electrons. The Morgan fingerprint density at radius 1 is 1.04 bits per heavy atom. The number of rotatable bonds is 2. The number of thiazole rings is 1. The highest BCUT2D eigenvalue weighted by Gasteiger charge is 2.30. The normalized spacial score (nSPS) is 12.3. The molecule has 0 fully saturated rings. The number of benzene rings is 2. The van der Waals surface area contributed by atoms with Gasteiger partial charge in [-0.1, -0.05) is 17.7 Å². The molecule has 0 aliphatic rings. The number of aryl methyl sites for hydroxylation is 2. The maximum Gasteiger partial charge on any atom is 0.416 e. The summed E-state index contributed by atoms with van der Waals surface area (Å²) in [5.41, 5.74) is 1.56. The fraction of sp³-hybridized carbons (Fsp3) is 0.200. The molecule has 0 bridgehead atoms. The van der Waals surface area contributed by atoms with Crippen molar-refractivity contribution in [1.29, 1.82) is 0 Å². The topological polar surface area (TPSA) is 37.6 Å². The van der Waals surface area contributed by atoms with Gasteiger partial charge in [-0.3, -0.25) is 9.47 Å². The summed E-state index contributed by atoms with van der Waals surface area (Å²) in [6.07, 6.45) is -2.65. The van der Waals surface area contributed by atoms with Gasteiger partial charge in [-0.25, -0.2) is 4.79 Å². The smallest absolute Gasteiger partial charge is 0.296 e. The lowest BCUT2D eigenvalue weighted by Gasteiger charge is -2.14. The number of aromatic nitrogens is 1. The molecule has 4 nitrogen and oxygen atoms in total. The number of carbonyl (C=O) groups is 1. The van der Waals surface area contributed by atoms with Gasteiger partial charge >= 0.3 is 12.2 Å². The quantitative estimate of drug-likeness (QED) is 0.568. The second-order valence-corrected chi connectivity index (χ2v) is 7.54. The molecule has 8 heteroatoms. The summed E-state index contributed by atoms with van der Waals surface area (Å²) in [6, 6.07) is 11.7. The van der Waals surface area contributed by atoms with E-state index >= 15 is 0 Å². The SMILES string of the molecule is Cc1ccc(N(C)C(=O)N=c2sc(C)cn2-c2ccc(C(F)(F)F)cc2)cc1. The third-order valence-electron chi connectivity index (χ3n) is 4.14. The number of amides is 2. The van der Waals surface area contributed by atoms with Crippen LogP contribution in [-0.2, 0) is 6.18 Å². The number of hydrogen-bond donors (Lipinski definition) is 0. The fourth-order valence-electron chi connectivity index (χ4n) is 2.56. The lowest BCUT2D eigenvalue weighted by atomic mass is 10.2. The monoisotopic (exact) mass is 405 g/mol. The first-order valence-corrected chi connectivity index (χ1v) is 9.22. The van der Waals surface area contributed by atoms with E-state index in [9.17, 15) is 18.0 Å².